The molecule has 0 fully saturated rings. The molecule has 0 radical (unpaired) electrons. The number of anilines is 1. The molecule has 1 aliphatic heterocycles. The van der Waals surface area contributed by atoms with Crippen LogP contribution in [0.5, 0.6) is 0 Å². The van der Waals surface area contributed by atoms with E-state index in [1.165, 1.54) is 11.8 Å². The third kappa shape index (κ3) is 3.99. The number of amides is 1. The van der Waals surface area contributed by atoms with Crippen molar-refractivity contribution in [2.75, 3.05) is 11.1 Å². The number of benzene rings is 1. The van der Waals surface area contributed by atoms with E-state index in [0.29, 0.717) is 17.0 Å². The molecule has 1 aromatic carbocycles. The van der Waals surface area contributed by atoms with E-state index in [0.717, 1.165) is 33.8 Å². The first-order chi connectivity index (χ1) is 12.4. The van der Waals surface area contributed by atoms with Gasteiger partial charge in [0, 0.05) is 23.9 Å². The summed E-state index contributed by atoms with van der Waals surface area (Å²) in [6.07, 6.45) is 0.808. The second kappa shape index (κ2) is 7.88. The monoisotopic (exact) mass is 389 g/mol. The van der Waals surface area contributed by atoms with E-state index in [4.69, 9.17) is 0 Å². The van der Waals surface area contributed by atoms with E-state index in [-0.39, 0.29) is 17.2 Å². The Morgan fingerprint density at radius 3 is 2.88 bits per heavy atom. The molecule has 0 saturated heterocycles. The second-order valence-electron chi connectivity index (χ2n) is 6.51. The van der Waals surface area contributed by atoms with Crippen LogP contribution in [0.25, 0.3) is 0 Å². The van der Waals surface area contributed by atoms with Gasteiger partial charge < -0.3 is 5.32 Å². The minimum atomic E-state index is -0.0953. The third-order valence-electron chi connectivity index (χ3n) is 4.27. The van der Waals surface area contributed by atoms with E-state index in [1.54, 1.807) is 16.3 Å². The van der Waals surface area contributed by atoms with Gasteiger partial charge in [0.15, 0.2) is 5.16 Å². The van der Waals surface area contributed by atoms with Crippen LogP contribution in [0.4, 0.5) is 5.69 Å². The lowest BCUT2D eigenvalue weighted by Crippen LogP contribution is -2.25. The maximum absolute atomic E-state index is 12.7. The predicted octanol–water partition coefficient (Wildman–Crippen LogP) is 3.65. The van der Waals surface area contributed by atoms with Gasteiger partial charge in [-0.1, -0.05) is 36.4 Å². The molecule has 138 valence electrons. The smallest absolute Gasteiger partial charge is 0.268 e. The highest BCUT2D eigenvalue weighted by Gasteiger charge is 2.26. The first kappa shape index (κ1) is 19.0. The fourth-order valence-corrected chi connectivity index (χ4v) is 4.99. The molecule has 5 nitrogen and oxygen atoms in total. The maximum Gasteiger partial charge on any atom is 0.268 e. The van der Waals surface area contributed by atoms with Crippen LogP contribution < -0.4 is 10.9 Å². The zero-order chi connectivity index (χ0) is 18.8. The molecule has 0 bridgehead atoms. The number of carbonyl (C=O) groups excluding carboxylic acids is 1. The highest BCUT2D eigenvalue weighted by atomic mass is 32.2. The van der Waals surface area contributed by atoms with Crippen molar-refractivity contribution in [3.63, 3.8) is 0 Å². The lowest BCUT2D eigenvalue weighted by atomic mass is 10.1. The van der Waals surface area contributed by atoms with Gasteiger partial charge in [0.25, 0.3) is 5.56 Å². The van der Waals surface area contributed by atoms with Crippen LogP contribution in [0, 0.1) is 13.8 Å². The van der Waals surface area contributed by atoms with E-state index in [1.807, 2.05) is 39.0 Å². The van der Waals surface area contributed by atoms with Gasteiger partial charge in [0.05, 0.1) is 16.3 Å². The van der Waals surface area contributed by atoms with Crippen LogP contribution in [0.1, 0.15) is 30.7 Å². The van der Waals surface area contributed by atoms with E-state index in [2.05, 4.69) is 17.2 Å². The Hall–Kier alpha value is -1.73. The number of thioether (sulfide) groups is 2. The lowest BCUT2D eigenvalue weighted by Gasteiger charge is -2.12. The summed E-state index contributed by atoms with van der Waals surface area (Å²) in [5.41, 5.74) is 3.91. The number of hydrogen-bond acceptors (Lipinski definition) is 5. The van der Waals surface area contributed by atoms with Crippen LogP contribution in [0.2, 0.25) is 0 Å². The minimum Gasteiger partial charge on any atom is -0.325 e. The summed E-state index contributed by atoms with van der Waals surface area (Å²) in [6.45, 7) is 8.59. The molecule has 26 heavy (non-hydrogen) atoms. The highest BCUT2D eigenvalue weighted by Crippen LogP contribution is 2.34. The standard InChI is InChI=1S/C19H23N3O2S2/c1-5-22-18(24)17-15(9-13(4)26-17)21-19(22)25-10-16(23)20-14-7-6-11(2)8-12(14)3/h6-8,13H,5,9-10H2,1-4H3,(H,20,23)/t13-/m1/s1. The number of aromatic nitrogens is 2. The van der Waals surface area contributed by atoms with Crippen LogP contribution in [0.3, 0.4) is 0 Å². The Labute approximate surface area is 162 Å². The quantitative estimate of drug-likeness (QED) is 0.625. The zero-order valence-electron chi connectivity index (χ0n) is 15.5. The molecular weight excluding hydrogens is 366 g/mol. The largest absolute Gasteiger partial charge is 0.325 e. The fraction of sp³-hybridized carbons (Fsp3) is 0.421. The van der Waals surface area contributed by atoms with Crippen LogP contribution in [0.15, 0.2) is 33.0 Å². The first-order valence-corrected chi connectivity index (χ1v) is 10.6. The third-order valence-corrected chi connectivity index (χ3v) is 6.46. The molecule has 0 saturated carbocycles. The van der Waals surface area contributed by atoms with Crippen molar-refractivity contribution in [2.45, 2.75) is 56.0 Å². The Morgan fingerprint density at radius 2 is 2.19 bits per heavy atom. The molecule has 1 amide bonds. The molecule has 3 rings (SSSR count). The maximum atomic E-state index is 12.7. The predicted molar refractivity (Wildman–Crippen MR) is 108 cm³/mol. The van der Waals surface area contributed by atoms with Crippen molar-refractivity contribution in [2.24, 2.45) is 0 Å². The van der Waals surface area contributed by atoms with E-state index < -0.39 is 0 Å². The Kier molecular flexibility index (Phi) is 5.77. The molecule has 2 aromatic rings. The number of nitrogens with one attached hydrogen (secondary N) is 1. The molecule has 1 atom stereocenters. The highest BCUT2D eigenvalue weighted by molar-refractivity contribution is 8.00. The molecule has 2 heterocycles. The summed E-state index contributed by atoms with van der Waals surface area (Å²) >= 11 is 2.92. The number of fused-ring (bicyclic) bond motifs is 1. The summed E-state index contributed by atoms with van der Waals surface area (Å²) in [5, 5.41) is 3.95. The van der Waals surface area contributed by atoms with Gasteiger partial charge in [-0.3, -0.25) is 14.2 Å². The molecule has 1 N–H and O–H groups in total. The lowest BCUT2D eigenvalue weighted by molar-refractivity contribution is -0.113. The summed E-state index contributed by atoms with van der Waals surface area (Å²) in [5.74, 6) is 0.128. The average Bonchev–Trinajstić information content (AvgIpc) is 2.96. The van der Waals surface area contributed by atoms with Crippen molar-refractivity contribution in [1.82, 2.24) is 9.55 Å². The average molecular weight is 390 g/mol. The van der Waals surface area contributed by atoms with E-state index in [9.17, 15) is 9.59 Å². The summed E-state index contributed by atoms with van der Waals surface area (Å²) in [7, 11) is 0. The van der Waals surface area contributed by atoms with Crippen molar-refractivity contribution in [1.29, 1.82) is 0 Å². The van der Waals surface area contributed by atoms with Gasteiger partial charge >= 0.3 is 0 Å². The van der Waals surface area contributed by atoms with Gasteiger partial charge in [-0.15, -0.1) is 11.8 Å². The van der Waals surface area contributed by atoms with Crippen molar-refractivity contribution in [3.8, 4) is 0 Å². The zero-order valence-corrected chi connectivity index (χ0v) is 17.1. The van der Waals surface area contributed by atoms with Crippen LogP contribution in [-0.4, -0.2) is 26.5 Å². The van der Waals surface area contributed by atoms with Gasteiger partial charge in [-0.2, -0.15) is 0 Å². The SMILES string of the molecule is CCn1c(SCC(=O)Nc2ccc(C)cc2C)nc2c(c1=O)S[C@H](C)C2. The summed E-state index contributed by atoms with van der Waals surface area (Å²) in [6, 6.07) is 5.94. The number of hydrogen-bond donors (Lipinski definition) is 1. The summed E-state index contributed by atoms with van der Waals surface area (Å²) in [4.78, 5) is 30.4. The number of carbonyl (C=O) groups is 1. The van der Waals surface area contributed by atoms with Gasteiger partial charge in [0.1, 0.15) is 0 Å². The topological polar surface area (TPSA) is 64.0 Å². The van der Waals surface area contributed by atoms with Crippen LogP contribution in [-0.2, 0) is 17.8 Å². The first-order valence-electron chi connectivity index (χ1n) is 8.69. The van der Waals surface area contributed by atoms with Gasteiger partial charge in [-0.05, 0) is 32.4 Å². The fourth-order valence-electron chi connectivity index (χ4n) is 2.99. The molecular formula is C19H23N3O2S2. The number of rotatable bonds is 5. The van der Waals surface area contributed by atoms with Crippen molar-refractivity contribution >= 4 is 35.1 Å². The number of aryl methyl sites for hydroxylation is 2. The molecule has 0 aliphatic carbocycles. The van der Waals surface area contributed by atoms with Gasteiger partial charge in [-0.25, -0.2) is 4.98 Å². The molecule has 0 unspecified atom stereocenters. The molecule has 1 aromatic heterocycles. The van der Waals surface area contributed by atoms with Crippen molar-refractivity contribution < 1.29 is 4.79 Å². The van der Waals surface area contributed by atoms with Gasteiger partial charge in [0.2, 0.25) is 5.91 Å². The van der Waals surface area contributed by atoms with Crippen molar-refractivity contribution in [3.05, 3.63) is 45.4 Å². The molecule has 0 spiro atoms. The van der Waals surface area contributed by atoms with Crippen LogP contribution >= 0.6 is 23.5 Å². The number of nitrogens with zero attached hydrogens (tertiary/aromatic N) is 2. The summed E-state index contributed by atoms with van der Waals surface area (Å²) < 4.78 is 1.67. The Bertz CT molecular complexity index is 908. The van der Waals surface area contributed by atoms with E-state index >= 15 is 0 Å². The second-order valence-corrected chi connectivity index (χ2v) is 8.90. The minimum absolute atomic E-state index is 0.0177. The molecule has 7 heteroatoms. The Morgan fingerprint density at radius 1 is 1.42 bits per heavy atom. The normalized spacial score (nSPS) is 15.8. The molecule has 1 aliphatic rings. The Balaban J connectivity index is 1.73.